The number of ether oxygens (including phenoxy) is 2. The average Bonchev–Trinajstić information content (AvgIpc) is 2.34. The van der Waals surface area contributed by atoms with Crippen molar-refractivity contribution in [2.24, 2.45) is 0 Å². The van der Waals surface area contributed by atoms with Gasteiger partial charge in [-0.1, -0.05) is 15.9 Å². The third-order valence-electron chi connectivity index (χ3n) is 2.04. The van der Waals surface area contributed by atoms with Crippen molar-refractivity contribution in [2.45, 2.75) is 0 Å². The summed E-state index contributed by atoms with van der Waals surface area (Å²) in [6.07, 6.45) is 0. The fourth-order valence-electron chi connectivity index (χ4n) is 1.29. The molecule has 0 saturated heterocycles. The number of nitrogens with zero attached hydrogens (tertiary/aromatic N) is 1. The second-order valence-electron chi connectivity index (χ2n) is 3.12. The van der Waals surface area contributed by atoms with Crippen LogP contribution in [0, 0.1) is 10.1 Å². The first kappa shape index (κ1) is 14.2. The minimum absolute atomic E-state index is 0.0830. The number of methoxy groups -OCH3 is 1. The lowest BCUT2D eigenvalue weighted by Gasteiger charge is -2.09. The molecule has 1 N–H and O–H groups in total. The molecule has 0 aromatic heterocycles. The lowest BCUT2D eigenvalue weighted by molar-refractivity contribution is -0.385. The van der Waals surface area contributed by atoms with E-state index in [0.717, 1.165) is 12.1 Å². The van der Waals surface area contributed by atoms with Gasteiger partial charge in [0.15, 0.2) is 5.75 Å². The van der Waals surface area contributed by atoms with Crippen molar-refractivity contribution < 1.29 is 24.3 Å². The average molecular weight is 320 g/mol. The zero-order chi connectivity index (χ0) is 13.7. The van der Waals surface area contributed by atoms with Gasteiger partial charge in [0, 0.05) is 11.4 Å². The van der Waals surface area contributed by atoms with Crippen LogP contribution in [0.4, 0.5) is 5.69 Å². The van der Waals surface area contributed by atoms with Crippen LogP contribution in [0.25, 0.3) is 0 Å². The molecule has 1 rings (SSSR count). The standard InChI is InChI=1S/C10H10BrNO6/c1-17-8-5-7(12(15)16)9(18-3-2-11)4-6(8)10(13)14/h4-5H,2-3H2,1H3,(H,13,14). The molecule has 0 aliphatic rings. The van der Waals surface area contributed by atoms with E-state index in [2.05, 4.69) is 15.9 Å². The molecular formula is C10H10BrNO6. The fraction of sp³-hybridized carbons (Fsp3) is 0.300. The highest BCUT2D eigenvalue weighted by Crippen LogP contribution is 2.34. The van der Waals surface area contributed by atoms with Crippen LogP contribution in [-0.4, -0.2) is 35.0 Å². The summed E-state index contributed by atoms with van der Waals surface area (Å²) < 4.78 is 9.94. The number of rotatable bonds is 6. The Bertz CT molecular complexity index is 476. The van der Waals surface area contributed by atoms with Gasteiger partial charge in [0.05, 0.1) is 24.7 Å². The van der Waals surface area contributed by atoms with Crippen molar-refractivity contribution in [1.29, 1.82) is 0 Å². The Kier molecular flexibility index (Phi) is 4.90. The summed E-state index contributed by atoms with van der Waals surface area (Å²) in [5, 5.41) is 20.3. The predicted molar refractivity (Wildman–Crippen MR) is 65.9 cm³/mol. The zero-order valence-electron chi connectivity index (χ0n) is 9.38. The van der Waals surface area contributed by atoms with Gasteiger partial charge in [-0.2, -0.15) is 0 Å². The summed E-state index contributed by atoms with van der Waals surface area (Å²) in [6, 6.07) is 2.12. The van der Waals surface area contributed by atoms with Crippen LogP contribution in [-0.2, 0) is 0 Å². The van der Waals surface area contributed by atoms with Crippen molar-refractivity contribution >= 4 is 27.6 Å². The molecule has 0 heterocycles. The van der Waals surface area contributed by atoms with E-state index in [1.54, 1.807) is 0 Å². The lowest BCUT2D eigenvalue weighted by Crippen LogP contribution is -2.06. The Morgan fingerprint density at radius 3 is 2.61 bits per heavy atom. The molecule has 0 spiro atoms. The van der Waals surface area contributed by atoms with Crippen LogP contribution in [0.3, 0.4) is 0 Å². The van der Waals surface area contributed by atoms with Crippen molar-refractivity contribution in [3.63, 3.8) is 0 Å². The molecule has 8 heteroatoms. The summed E-state index contributed by atoms with van der Waals surface area (Å²) in [5.41, 5.74) is -0.523. The van der Waals surface area contributed by atoms with Gasteiger partial charge in [0.25, 0.3) is 0 Å². The first-order valence-electron chi connectivity index (χ1n) is 4.79. The number of halogens is 1. The maximum Gasteiger partial charge on any atom is 0.339 e. The Balaban J connectivity index is 3.32. The van der Waals surface area contributed by atoms with Crippen molar-refractivity contribution in [3.05, 3.63) is 27.8 Å². The summed E-state index contributed by atoms with van der Waals surface area (Å²) in [7, 11) is 1.24. The lowest BCUT2D eigenvalue weighted by atomic mass is 10.1. The van der Waals surface area contributed by atoms with Gasteiger partial charge < -0.3 is 14.6 Å². The van der Waals surface area contributed by atoms with Crippen LogP contribution < -0.4 is 9.47 Å². The molecule has 0 fully saturated rings. The first-order chi connectivity index (χ1) is 8.51. The molecule has 0 radical (unpaired) electrons. The van der Waals surface area contributed by atoms with Gasteiger partial charge in [0.1, 0.15) is 11.3 Å². The minimum atomic E-state index is -1.24. The number of carbonyl (C=O) groups is 1. The van der Waals surface area contributed by atoms with Crippen LogP contribution in [0.15, 0.2) is 12.1 Å². The molecule has 98 valence electrons. The second-order valence-corrected chi connectivity index (χ2v) is 3.91. The SMILES string of the molecule is COc1cc([N+](=O)[O-])c(OCCBr)cc1C(=O)O. The summed E-state index contributed by atoms with van der Waals surface area (Å²) in [6.45, 7) is 0.187. The van der Waals surface area contributed by atoms with Crippen LogP contribution in [0.5, 0.6) is 11.5 Å². The summed E-state index contributed by atoms with van der Waals surface area (Å²) >= 11 is 3.11. The van der Waals surface area contributed by atoms with Gasteiger partial charge in [-0.3, -0.25) is 10.1 Å². The molecule has 0 bridgehead atoms. The van der Waals surface area contributed by atoms with E-state index in [-0.39, 0.29) is 29.4 Å². The molecule has 0 saturated carbocycles. The molecule has 7 nitrogen and oxygen atoms in total. The van der Waals surface area contributed by atoms with Gasteiger partial charge in [0.2, 0.25) is 0 Å². The monoisotopic (exact) mass is 319 g/mol. The van der Waals surface area contributed by atoms with Crippen molar-refractivity contribution in [3.8, 4) is 11.5 Å². The molecule has 1 aromatic rings. The zero-order valence-corrected chi connectivity index (χ0v) is 11.0. The molecule has 0 unspecified atom stereocenters. The largest absolute Gasteiger partial charge is 0.496 e. The molecule has 18 heavy (non-hydrogen) atoms. The number of aromatic carboxylic acids is 1. The second kappa shape index (κ2) is 6.20. The molecular weight excluding hydrogens is 310 g/mol. The van der Waals surface area contributed by atoms with Crippen molar-refractivity contribution in [2.75, 3.05) is 19.0 Å². The van der Waals surface area contributed by atoms with E-state index in [1.807, 2.05) is 0 Å². The predicted octanol–water partition coefficient (Wildman–Crippen LogP) is 2.08. The molecule has 0 aliphatic heterocycles. The number of hydrogen-bond acceptors (Lipinski definition) is 5. The maximum atomic E-state index is 11.0. The number of carboxylic acids is 1. The molecule has 1 aromatic carbocycles. The van der Waals surface area contributed by atoms with Crippen LogP contribution in [0.1, 0.15) is 10.4 Å². The van der Waals surface area contributed by atoms with E-state index in [1.165, 1.54) is 7.11 Å². The third-order valence-corrected chi connectivity index (χ3v) is 2.37. The van der Waals surface area contributed by atoms with Gasteiger partial charge in [-0.15, -0.1) is 0 Å². The van der Waals surface area contributed by atoms with E-state index >= 15 is 0 Å². The summed E-state index contributed by atoms with van der Waals surface area (Å²) in [5.74, 6) is -1.43. The maximum absolute atomic E-state index is 11.0. The smallest absolute Gasteiger partial charge is 0.339 e. The topological polar surface area (TPSA) is 98.9 Å². The number of hydrogen-bond donors (Lipinski definition) is 1. The van der Waals surface area contributed by atoms with E-state index in [9.17, 15) is 14.9 Å². The Morgan fingerprint density at radius 1 is 1.50 bits per heavy atom. The van der Waals surface area contributed by atoms with E-state index in [4.69, 9.17) is 14.6 Å². The van der Waals surface area contributed by atoms with Gasteiger partial charge >= 0.3 is 11.7 Å². The van der Waals surface area contributed by atoms with Gasteiger partial charge in [-0.25, -0.2) is 4.79 Å². The number of carboxylic acid groups (broad SMARTS) is 1. The number of nitro groups is 1. The van der Waals surface area contributed by atoms with Crippen LogP contribution in [0.2, 0.25) is 0 Å². The molecule has 0 atom stereocenters. The third kappa shape index (κ3) is 3.10. The van der Waals surface area contributed by atoms with E-state index < -0.39 is 10.9 Å². The Morgan fingerprint density at radius 2 is 2.17 bits per heavy atom. The summed E-state index contributed by atoms with van der Waals surface area (Å²) in [4.78, 5) is 21.2. The number of benzene rings is 1. The minimum Gasteiger partial charge on any atom is -0.496 e. The Hall–Kier alpha value is -1.83. The van der Waals surface area contributed by atoms with E-state index in [0.29, 0.717) is 5.33 Å². The molecule has 0 aliphatic carbocycles. The Labute approximate surface area is 111 Å². The van der Waals surface area contributed by atoms with Gasteiger partial charge in [-0.05, 0) is 0 Å². The quantitative estimate of drug-likeness (QED) is 0.489. The fourth-order valence-corrected chi connectivity index (χ4v) is 1.45. The molecule has 0 amide bonds. The van der Waals surface area contributed by atoms with Crippen molar-refractivity contribution in [1.82, 2.24) is 0 Å². The normalized spacial score (nSPS) is 9.89. The number of alkyl halides is 1. The highest BCUT2D eigenvalue weighted by molar-refractivity contribution is 9.09. The highest BCUT2D eigenvalue weighted by atomic mass is 79.9. The van der Waals surface area contributed by atoms with Crippen LogP contribution >= 0.6 is 15.9 Å². The first-order valence-corrected chi connectivity index (χ1v) is 5.92. The number of nitro benzene ring substituents is 1. The highest BCUT2D eigenvalue weighted by Gasteiger charge is 2.23.